The molecule has 6 heteroatoms. The van der Waals surface area contributed by atoms with E-state index in [2.05, 4.69) is 9.55 Å². The summed E-state index contributed by atoms with van der Waals surface area (Å²) < 4.78 is 13.1. The number of hydrogen-bond acceptors (Lipinski definition) is 4. The summed E-state index contributed by atoms with van der Waals surface area (Å²) in [4.78, 5) is 18.4. The zero-order valence-electron chi connectivity index (χ0n) is 12.3. The third-order valence-corrected chi connectivity index (χ3v) is 3.73. The monoisotopic (exact) mass is 289 g/mol. The van der Waals surface area contributed by atoms with E-state index >= 15 is 0 Å². The van der Waals surface area contributed by atoms with Gasteiger partial charge in [-0.15, -0.1) is 0 Å². The first kappa shape index (κ1) is 13.9. The molecule has 0 aliphatic carbocycles. The number of aryl methyl sites for hydroxylation is 1. The third-order valence-electron chi connectivity index (χ3n) is 3.73. The van der Waals surface area contributed by atoms with E-state index in [-0.39, 0.29) is 12.0 Å². The summed E-state index contributed by atoms with van der Waals surface area (Å²) >= 11 is 0. The minimum Gasteiger partial charge on any atom is -0.438 e. The van der Waals surface area contributed by atoms with Crippen LogP contribution >= 0.6 is 0 Å². The van der Waals surface area contributed by atoms with Crippen LogP contribution in [0.5, 0.6) is 0 Å². The fraction of sp³-hybridized carbons (Fsp3) is 0.467. The maximum absolute atomic E-state index is 12.6. The first-order valence-electron chi connectivity index (χ1n) is 7.14. The van der Waals surface area contributed by atoms with Crippen LogP contribution in [0.25, 0.3) is 0 Å². The lowest BCUT2D eigenvalue weighted by molar-refractivity contribution is 0.0247. The van der Waals surface area contributed by atoms with E-state index in [0.29, 0.717) is 31.2 Å². The molecule has 0 aromatic carbocycles. The molecule has 6 nitrogen and oxygen atoms in total. The van der Waals surface area contributed by atoms with Crippen LogP contribution in [0.2, 0.25) is 0 Å². The fourth-order valence-electron chi connectivity index (χ4n) is 2.70. The van der Waals surface area contributed by atoms with Gasteiger partial charge >= 0.3 is 0 Å². The first-order chi connectivity index (χ1) is 10.2. The summed E-state index contributed by atoms with van der Waals surface area (Å²) in [5.41, 5.74) is 1.72. The zero-order valence-corrected chi connectivity index (χ0v) is 12.3. The normalized spacial score (nSPS) is 18.4. The topological polar surface area (TPSA) is 60.5 Å². The number of aromatic nitrogens is 2. The van der Waals surface area contributed by atoms with E-state index in [1.54, 1.807) is 11.8 Å². The van der Waals surface area contributed by atoms with E-state index in [0.717, 1.165) is 12.2 Å². The maximum atomic E-state index is 12.6. The maximum Gasteiger partial charge on any atom is 0.292 e. The Bertz CT molecular complexity index is 632. The number of amides is 1. The van der Waals surface area contributed by atoms with Gasteiger partial charge in [0, 0.05) is 25.0 Å². The Morgan fingerprint density at radius 2 is 2.38 bits per heavy atom. The Hall–Kier alpha value is -2.08. The minimum absolute atomic E-state index is 0.0178. The molecular formula is C15H19N3O3. The SMILES string of the molecule is CCO[C@@H]1CN(C(=O)c2ocnc2C)Cc2cccn2C1. The van der Waals surface area contributed by atoms with Crippen molar-refractivity contribution in [3.63, 3.8) is 0 Å². The zero-order chi connectivity index (χ0) is 14.8. The van der Waals surface area contributed by atoms with Crippen molar-refractivity contribution in [1.82, 2.24) is 14.5 Å². The van der Waals surface area contributed by atoms with Crippen molar-refractivity contribution in [2.24, 2.45) is 0 Å². The Morgan fingerprint density at radius 1 is 1.52 bits per heavy atom. The molecule has 0 fully saturated rings. The van der Waals surface area contributed by atoms with Crippen LogP contribution in [-0.2, 0) is 17.8 Å². The van der Waals surface area contributed by atoms with Crippen LogP contribution < -0.4 is 0 Å². The van der Waals surface area contributed by atoms with Gasteiger partial charge in [0.1, 0.15) is 0 Å². The smallest absolute Gasteiger partial charge is 0.292 e. The molecule has 3 rings (SSSR count). The number of hydrogen-bond donors (Lipinski definition) is 0. The van der Waals surface area contributed by atoms with Crippen molar-refractivity contribution in [3.05, 3.63) is 41.9 Å². The van der Waals surface area contributed by atoms with E-state index < -0.39 is 0 Å². The molecule has 0 saturated heterocycles. The van der Waals surface area contributed by atoms with Crippen molar-refractivity contribution in [1.29, 1.82) is 0 Å². The Kier molecular flexibility index (Phi) is 3.79. The second-order valence-electron chi connectivity index (χ2n) is 5.18. The Balaban J connectivity index is 1.87. The van der Waals surface area contributed by atoms with Crippen LogP contribution in [0, 0.1) is 6.92 Å². The van der Waals surface area contributed by atoms with Crippen LogP contribution in [0.1, 0.15) is 28.9 Å². The fourth-order valence-corrected chi connectivity index (χ4v) is 2.70. The number of nitrogens with zero attached hydrogens (tertiary/aromatic N) is 3. The van der Waals surface area contributed by atoms with Gasteiger partial charge in [0.05, 0.1) is 24.9 Å². The van der Waals surface area contributed by atoms with Gasteiger partial charge in [-0.05, 0) is 26.0 Å². The number of fused-ring (bicyclic) bond motifs is 1. The molecule has 112 valence electrons. The molecule has 0 unspecified atom stereocenters. The molecule has 2 aromatic rings. The number of rotatable bonds is 3. The van der Waals surface area contributed by atoms with Gasteiger partial charge in [-0.1, -0.05) is 0 Å². The van der Waals surface area contributed by atoms with Crippen LogP contribution in [0.3, 0.4) is 0 Å². The summed E-state index contributed by atoms with van der Waals surface area (Å²) in [6, 6.07) is 4.02. The molecule has 0 saturated carbocycles. The predicted octanol–water partition coefficient (Wildman–Crippen LogP) is 1.85. The van der Waals surface area contributed by atoms with Crippen LogP contribution in [0.15, 0.2) is 29.1 Å². The lowest BCUT2D eigenvalue weighted by Crippen LogP contribution is -2.37. The summed E-state index contributed by atoms with van der Waals surface area (Å²) in [5, 5.41) is 0. The molecule has 0 radical (unpaired) electrons. The standard InChI is InChI=1S/C15H19N3O3/c1-3-20-13-8-17-6-4-5-12(17)7-18(9-13)15(19)14-11(2)16-10-21-14/h4-6,10,13H,3,7-9H2,1-2H3/t13-/m0/s1. The molecule has 0 N–H and O–H groups in total. The number of carbonyl (C=O) groups excluding carboxylic acids is 1. The summed E-state index contributed by atoms with van der Waals surface area (Å²) in [7, 11) is 0. The van der Waals surface area contributed by atoms with Gasteiger partial charge in [-0.25, -0.2) is 4.98 Å². The molecule has 1 aliphatic heterocycles. The highest BCUT2D eigenvalue weighted by Crippen LogP contribution is 2.18. The average Bonchev–Trinajstić information content (AvgIpc) is 3.03. The quantitative estimate of drug-likeness (QED) is 0.865. The lowest BCUT2D eigenvalue weighted by Gasteiger charge is -2.23. The Labute approximate surface area is 123 Å². The average molecular weight is 289 g/mol. The van der Waals surface area contributed by atoms with Gasteiger partial charge in [-0.3, -0.25) is 4.79 Å². The Morgan fingerprint density at radius 3 is 3.10 bits per heavy atom. The second-order valence-corrected chi connectivity index (χ2v) is 5.18. The third kappa shape index (κ3) is 2.71. The molecule has 1 atom stereocenters. The van der Waals surface area contributed by atoms with Crippen LogP contribution in [-0.4, -0.2) is 39.6 Å². The lowest BCUT2D eigenvalue weighted by atomic mass is 10.2. The van der Waals surface area contributed by atoms with Gasteiger partial charge in [0.15, 0.2) is 6.39 Å². The van der Waals surface area contributed by atoms with Gasteiger partial charge in [0.2, 0.25) is 5.76 Å². The van der Waals surface area contributed by atoms with Crippen LogP contribution in [0.4, 0.5) is 0 Å². The highest BCUT2D eigenvalue weighted by molar-refractivity contribution is 5.92. The molecular weight excluding hydrogens is 270 g/mol. The summed E-state index contributed by atoms with van der Waals surface area (Å²) in [6.45, 7) is 6.23. The van der Waals surface area contributed by atoms with Gasteiger partial charge < -0.3 is 18.6 Å². The van der Waals surface area contributed by atoms with E-state index in [1.807, 2.05) is 25.3 Å². The predicted molar refractivity (Wildman–Crippen MR) is 75.8 cm³/mol. The molecule has 21 heavy (non-hydrogen) atoms. The van der Waals surface area contributed by atoms with E-state index in [4.69, 9.17) is 9.15 Å². The molecule has 0 bridgehead atoms. The number of ether oxygens (including phenoxy) is 1. The van der Waals surface area contributed by atoms with Crippen molar-refractivity contribution < 1.29 is 13.9 Å². The molecule has 1 aliphatic rings. The largest absolute Gasteiger partial charge is 0.438 e. The molecule has 0 spiro atoms. The number of carbonyl (C=O) groups is 1. The number of oxazole rings is 1. The van der Waals surface area contributed by atoms with Crippen molar-refractivity contribution >= 4 is 5.91 Å². The highest BCUT2D eigenvalue weighted by Gasteiger charge is 2.28. The van der Waals surface area contributed by atoms with Gasteiger partial charge in [-0.2, -0.15) is 0 Å². The second kappa shape index (κ2) is 5.73. The first-order valence-corrected chi connectivity index (χ1v) is 7.14. The molecule has 1 amide bonds. The van der Waals surface area contributed by atoms with Crippen molar-refractivity contribution in [3.8, 4) is 0 Å². The van der Waals surface area contributed by atoms with Gasteiger partial charge in [0.25, 0.3) is 5.91 Å². The highest BCUT2D eigenvalue weighted by atomic mass is 16.5. The van der Waals surface area contributed by atoms with E-state index in [9.17, 15) is 4.79 Å². The van der Waals surface area contributed by atoms with E-state index in [1.165, 1.54) is 6.39 Å². The minimum atomic E-state index is -0.135. The summed E-state index contributed by atoms with van der Waals surface area (Å²) in [5.74, 6) is 0.176. The van der Waals surface area contributed by atoms with Crippen molar-refractivity contribution in [2.45, 2.75) is 33.0 Å². The molecule has 2 aromatic heterocycles. The molecule has 3 heterocycles. The summed E-state index contributed by atoms with van der Waals surface area (Å²) in [6.07, 6.45) is 3.31. The van der Waals surface area contributed by atoms with Crippen molar-refractivity contribution in [2.75, 3.05) is 13.2 Å².